The van der Waals surface area contributed by atoms with E-state index in [1.54, 1.807) is 0 Å². The van der Waals surface area contributed by atoms with Crippen LogP contribution in [0.1, 0.15) is 65.2 Å². The number of hydrogen-bond acceptors (Lipinski definition) is 3. The third-order valence-electron chi connectivity index (χ3n) is 8.14. The molecule has 0 radical (unpaired) electrons. The van der Waals surface area contributed by atoms with E-state index in [1.165, 1.54) is 0 Å². The summed E-state index contributed by atoms with van der Waals surface area (Å²) >= 11 is 4.66. The number of rotatable bonds is 0. The Hall–Kier alpha value is -0.310. The van der Waals surface area contributed by atoms with Crippen LogP contribution in [-0.4, -0.2) is 16.8 Å². The van der Waals surface area contributed by atoms with E-state index in [0.29, 0.717) is 34.6 Å². The van der Waals surface area contributed by atoms with E-state index in [9.17, 15) is 9.59 Å². The van der Waals surface area contributed by atoms with Crippen LogP contribution in [0, 0.1) is 34.5 Å². The average molecular weight is 320 g/mol. The van der Waals surface area contributed by atoms with Gasteiger partial charge in [0.25, 0.3) is 0 Å². The van der Waals surface area contributed by atoms with Gasteiger partial charge in [-0.2, -0.15) is 12.6 Å². The Labute approximate surface area is 139 Å². The van der Waals surface area contributed by atoms with Gasteiger partial charge in [0.1, 0.15) is 11.6 Å². The van der Waals surface area contributed by atoms with Gasteiger partial charge in [0.2, 0.25) is 0 Å². The first-order valence-electron chi connectivity index (χ1n) is 9.10. The first kappa shape index (κ1) is 15.2. The van der Waals surface area contributed by atoms with Crippen LogP contribution < -0.4 is 0 Å². The molecule has 0 aromatic carbocycles. The third kappa shape index (κ3) is 1.87. The van der Waals surface area contributed by atoms with Crippen LogP contribution in [0.15, 0.2) is 0 Å². The Balaban J connectivity index is 1.69. The third-order valence-corrected chi connectivity index (χ3v) is 8.61. The molecular weight excluding hydrogens is 292 g/mol. The number of thiol groups is 1. The molecule has 0 amide bonds. The van der Waals surface area contributed by atoms with Gasteiger partial charge in [-0.1, -0.05) is 13.8 Å². The van der Waals surface area contributed by atoms with Gasteiger partial charge in [-0.05, 0) is 61.7 Å². The lowest BCUT2D eigenvalue weighted by atomic mass is 9.45. The van der Waals surface area contributed by atoms with Gasteiger partial charge < -0.3 is 0 Å². The van der Waals surface area contributed by atoms with Crippen molar-refractivity contribution in [2.24, 2.45) is 34.5 Å². The standard InChI is InChI=1S/C19H28O2S/c1-18-7-5-11(22)9-15(18)16(20)10-12-13-3-4-17(21)19(13,2)8-6-14(12)18/h11-15,22H,3-10H2,1-2H3/t11-,12+,13+,14+,15?,18-,19+/m1/s1. The Kier molecular flexibility index (Phi) is 3.35. The van der Waals surface area contributed by atoms with E-state index in [1.807, 2.05) is 0 Å². The highest BCUT2D eigenvalue weighted by atomic mass is 32.1. The molecule has 7 atom stereocenters. The second-order valence-electron chi connectivity index (χ2n) is 8.95. The summed E-state index contributed by atoms with van der Waals surface area (Å²) in [5.41, 5.74) is 0.0532. The molecule has 0 aromatic rings. The van der Waals surface area contributed by atoms with Crippen LogP contribution >= 0.6 is 12.6 Å². The number of carbonyl (C=O) groups excluding carboxylic acids is 2. The van der Waals surface area contributed by atoms with Gasteiger partial charge in [0.05, 0.1) is 0 Å². The molecular formula is C19H28O2S. The Bertz CT molecular complexity index is 530. The van der Waals surface area contributed by atoms with Crippen LogP contribution in [0.4, 0.5) is 0 Å². The monoisotopic (exact) mass is 320 g/mol. The molecule has 0 saturated heterocycles. The minimum atomic E-state index is -0.120. The number of Topliss-reactive ketones (excluding diaryl/α,β-unsaturated/α-hetero) is 2. The van der Waals surface area contributed by atoms with Gasteiger partial charge in [0.15, 0.2) is 0 Å². The van der Waals surface area contributed by atoms with E-state index in [4.69, 9.17) is 0 Å². The molecule has 4 fully saturated rings. The zero-order valence-electron chi connectivity index (χ0n) is 13.8. The summed E-state index contributed by atoms with van der Waals surface area (Å²) in [6.45, 7) is 4.57. The summed E-state index contributed by atoms with van der Waals surface area (Å²) in [5.74, 6) is 2.76. The normalized spacial score (nSPS) is 54.6. The predicted octanol–water partition coefficient (Wildman–Crippen LogP) is 4.08. The zero-order chi connectivity index (χ0) is 15.7. The molecule has 0 N–H and O–H groups in total. The van der Waals surface area contributed by atoms with Crippen molar-refractivity contribution in [2.75, 3.05) is 0 Å². The zero-order valence-corrected chi connectivity index (χ0v) is 14.7. The second kappa shape index (κ2) is 4.84. The highest BCUT2D eigenvalue weighted by Crippen LogP contribution is 2.64. The van der Waals surface area contributed by atoms with Crippen LogP contribution in [-0.2, 0) is 9.59 Å². The fraction of sp³-hybridized carbons (Fsp3) is 0.895. The molecule has 122 valence electrons. The van der Waals surface area contributed by atoms with Crippen LogP contribution in [0.3, 0.4) is 0 Å². The van der Waals surface area contributed by atoms with Gasteiger partial charge >= 0.3 is 0 Å². The summed E-state index contributed by atoms with van der Waals surface area (Å²) in [7, 11) is 0. The number of carbonyl (C=O) groups is 2. The van der Waals surface area contributed by atoms with E-state index < -0.39 is 0 Å². The Morgan fingerprint density at radius 3 is 2.59 bits per heavy atom. The number of hydrogen-bond donors (Lipinski definition) is 1. The van der Waals surface area contributed by atoms with Crippen molar-refractivity contribution in [3.63, 3.8) is 0 Å². The predicted molar refractivity (Wildman–Crippen MR) is 89.9 cm³/mol. The van der Waals surface area contributed by atoms with Crippen LogP contribution in [0.2, 0.25) is 0 Å². The molecule has 0 aromatic heterocycles. The molecule has 4 aliphatic carbocycles. The molecule has 0 bridgehead atoms. The highest BCUT2D eigenvalue weighted by Gasteiger charge is 2.61. The summed E-state index contributed by atoms with van der Waals surface area (Å²) in [5, 5.41) is 0.403. The number of fused-ring (bicyclic) bond motifs is 5. The van der Waals surface area contributed by atoms with Crippen molar-refractivity contribution in [2.45, 2.75) is 70.5 Å². The summed E-state index contributed by atoms with van der Waals surface area (Å²) in [6, 6.07) is 0. The maximum atomic E-state index is 12.9. The van der Waals surface area contributed by atoms with E-state index in [2.05, 4.69) is 26.5 Å². The second-order valence-corrected chi connectivity index (χ2v) is 9.68. The molecule has 4 rings (SSSR count). The van der Waals surface area contributed by atoms with E-state index in [-0.39, 0.29) is 16.7 Å². The minimum Gasteiger partial charge on any atom is -0.299 e. The molecule has 4 aliphatic rings. The van der Waals surface area contributed by atoms with E-state index in [0.717, 1.165) is 51.4 Å². The molecule has 22 heavy (non-hydrogen) atoms. The van der Waals surface area contributed by atoms with Gasteiger partial charge in [-0.15, -0.1) is 0 Å². The summed E-state index contributed by atoms with van der Waals surface area (Å²) in [6.07, 6.45) is 7.99. The van der Waals surface area contributed by atoms with Crippen molar-refractivity contribution in [1.29, 1.82) is 0 Å². The summed E-state index contributed by atoms with van der Waals surface area (Å²) in [4.78, 5) is 25.3. The minimum absolute atomic E-state index is 0.120. The lowest BCUT2D eigenvalue weighted by molar-refractivity contribution is -0.155. The van der Waals surface area contributed by atoms with Gasteiger partial charge in [0, 0.05) is 29.4 Å². The Morgan fingerprint density at radius 2 is 1.82 bits per heavy atom. The van der Waals surface area contributed by atoms with Crippen molar-refractivity contribution in [3.05, 3.63) is 0 Å². The first-order chi connectivity index (χ1) is 10.4. The maximum Gasteiger partial charge on any atom is 0.139 e. The molecule has 0 heterocycles. The lowest BCUT2D eigenvalue weighted by Gasteiger charge is -2.59. The molecule has 4 saturated carbocycles. The smallest absolute Gasteiger partial charge is 0.139 e. The Morgan fingerprint density at radius 1 is 1.05 bits per heavy atom. The van der Waals surface area contributed by atoms with Crippen LogP contribution in [0.5, 0.6) is 0 Å². The lowest BCUT2D eigenvalue weighted by Crippen LogP contribution is -2.56. The van der Waals surface area contributed by atoms with Gasteiger partial charge in [-0.25, -0.2) is 0 Å². The SMILES string of the molecule is C[C@]12CC[C@@H](S)CC1C(=O)C[C@@H]1[C@@H]2CC[C@]2(C)C(=O)CC[C@@H]12. The molecule has 0 aliphatic heterocycles. The van der Waals surface area contributed by atoms with Crippen LogP contribution in [0.25, 0.3) is 0 Å². The fourth-order valence-electron chi connectivity index (χ4n) is 6.79. The van der Waals surface area contributed by atoms with Crippen molar-refractivity contribution >= 4 is 24.2 Å². The van der Waals surface area contributed by atoms with Gasteiger partial charge in [-0.3, -0.25) is 9.59 Å². The number of ketones is 2. The molecule has 0 spiro atoms. The molecule has 2 nitrogen and oxygen atoms in total. The van der Waals surface area contributed by atoms with Crippen molar-refractivity contribution < 1.29 is 9.59 Å². The quantitative estimate of drug-likeness (QED) is 0.683. The van der Waals surface area contributed by atoms with Crippen molar-refractivity contribution in [1.82, 2.24) is 0 Å². The van der Waals surface area contributed by atoms with Crippen molar-refractivity contribution in [3.8, 4) is 0 Å². The molecule has 3 heteroatoms. The topological polar surface area (TPSA) is 34.1 Å². The first-order valence-corrected chi connectivity index (χ1v) is 9.62. The highest BCUT2D eigenvalue weighted by molar-refractivity contribution is 7.80. The molecule has 1 unspecified atom stereocenters. The summed E-state index contributed by atoms with van der Waals surface area (Å²) < 4.78 is 0. The fourth-order valence-corrected chi connectivity index (χ4v) is 7.13. The maximum absolute atomic E-state index is 12.9. The average Bonchev–Trinajstić information content (AvgIpc) is 2.77. The van der Waals surface area contributed by atoms with E-state index >= 15 is 0 Å². The largest absolute Gasteiger partial charge is 0.299 e.